The van der Waals surface area contributed by atoms with E-state index < -0.39 is 0 Å². The van der Waals surface area contributed by atoms with Gasteiger partial charge in [-0.1, -0.05) is 88.7 Å². The molecule has 5 heteroatoms. The Morgan fingerprint density at radius 1 is 0.447 bits per heavy atom. The van der Waals surface area contributed by atoms with E-state index in [4.69, 9.17) is 14.7 Å². The second-order valence-electron chi connectivity index (χ2n) is 11.4. The Morgan fingerprint density at radius 2 is 0.894 bits per heavy atom. The SMILES string of the molecule is Oc1ccc(-c2cc(-c3ccccc3)c3cc(Oc4ccc5nc(-c6ccc(Br)cc6)cc(-c6ccccc6)c5c4)ccc3n2)cc1. The number of fused-ring (bicyclic) bond motifs is 2. The van der Waals surface area contributed by atoms with Crippen LogP contribution in [0.5, 0.6) is 17.2 Å². The number of benzene rings is 6. The van der Waals surface area contributed by atoms with Gasteiger partial charge in [0.15, 0.2) is 0 Å². The highest BCUT2D eigenvalue weighted by molar-refractivity contribution is 9.10. The number of aromatic nitrogens is 2. The standard InChI is InChI=1S/C42H27BrN2O2/c43-31-15-11-29(12-16-31)41-25-35(27-7-3-1-4-8-27)37-23-33(19-21-39(37)44-41)47-34-20-22-40-38(24-34)36(28-9-5-2-6-10-28)26-42(45-40)30-13-17-32(46)18-14-30/h1-26,46H. The van der Waals surface area contributed by atoms with Gasteiger partial charge in [-0.25, -0.2) is 9.97 Å². The number of aromatic hydroxyl groups is 1. The average molecular weight is 672 g/mol. The van der Waals surface area contributed by atoms with Crippen molar-refractivity contribution >= 4 is 37.7 Å². The minimum atomic E-state index is 0.227. The predicted octanol–water partition coefficient (Wildman–Crippen LogP) is 11.7. The van der Waals surface area contributed by atoms with Crippen LogP contribution in [0.2, 0.25) is 0 Å². The number of nitrogens with zero attached hydrogens (tertiary/aromatic N) is 2. The summed E-state index contributed by atoms with van der Waals surface area (Å²) in [7, 11) is 0. The van der Waals surface area contributed by atoms with E-state index in [1.165, 1.54) is 0 Å². The molecule has 0 bridgehead atoms. The lowest BCUT2D eigenvalue weighted by Gasteiger charge is -2.14. The van der Waals surface area contributed by atoms with E-state index in [9.17, 15) is 5.11 Å². The maximum absolute atomic E-state index is 9.82. The summed E-state index contributed by atoms with van der Waals surface area (Å²) in [6.45, 7) is 0. The van der Waals surface area contributed by atoms with Gasteiger partial charge in [-0.05, 0) is 107 Å². The van der Waals surface area contributed by atoms with Crippen molar-refractivity contribution in [3.63, 3.8) is 0 Å². The molecule has 0 spiro atoms. The molecule has 0 aliphatic heterocycles. The molecule has 0 aliphatic carbocycles. The van der Waals surface area contributed by atoms with Crippen molar-refractivity contribution in [2.75, 3.05) is 0 Å². The first-order valence-corrected chi connectivity index (χ1v) is 16.1. The summed E-state index contributed by atoms with van der Waals surface area (Å²) in [5, 5.41) is 11.8. The molecule has 4 nitrogen and oxygen atoms in total. The van der Waals surface area contributed by atoms with Crippen LogP contribution in [0.4, 0.5) is 0 Å². The monoisotopic (exact) mass is 670 g/mol. The molecule has 2 heterocycles. The van der Waals surface area contributed by atoms with Crippen LogP contribution in [-0.4, -0.2) is 15.1 Å². The van der Waals surface area contributed by atoms with Crippen molar-refractivity contribution in [3.05, 3.63) is 162 Å². The third kappa shape index (κ3) is 5.85. The maximum atomic E-state index is 9.82. The summed E-state index contributed by atoms with van der Waals surface area (Å²) < 4.78 is 7.58. The van der Waals surface area contributed by atoms with Crippen molar-refractivity contribution < 1.29 is 9.84 Å². The highest BCUT2D eigenvalue weighted by atomic mass is 79.9. The molecule has 0 unspecified atom stereocenters. The van der Waals surface area contributed by atoms with Gasteiger partial charge in [-0.15, -0.1) is 0 Å². The summed E-state index contributed by atoms with van der Waals surface area (Å²) in [5.41, 5.74) is 9.84. The summed E-state index contributed by atoms with van der Waals surface area (Å²) in [4.78, 5) is 10.0. The molecule has 0 saturated carbocycles. The summed E-state index contributed by atoms with van der Waals surface area (Å²) in [6.07, 6.45) is 0. The van der Waals surface area contributed by atoms with Gasteiger partial charge in [0.25, 0.3) is 0 Å². The van der Waals surface area contributed by atoms with E-state index in [-0.39, 0.29) is 5.75 Å². The van der Waals surface area contributed by atoms with E-state index in [1.807, 2.05) is 72.8 Å². The maximum Gasteiger partial charge on any atom is 0.128 e. The van der Waals surface area contributed by atoms with Gasteiger partial charge in [-0.2, -0.15) is 0 Å². The molecule has 0 fully saturated rings. The Morgan fingerprint density at radius 3 is 1.36 bits per heavy atom. The van der Waals surface area contributed by atoms with Gasteiger partial charge in [-0.3, -0.25) is 0 Å². The molecule has 0 saturated heterocycles. The normalized spacial score (nSPS) is 11.2. The number of halogens is 1. The van der Waals surface area contributed by atoms with Crippen molar-refractivity contribution in [2.45, 2.75) is 0 Å². The zero-order valence-corrected chi connectivity index (χ0v) is 26.7. The molecule has 1 N–H and O–H groups in total. The molecular weight excluding hydrogens is 644 g/mol. The van der Waals surface area contributed by atoms with Crippen LogP contribution >= 0.6 is 15.9 Å². The van der Waals surface area contributed by atoms with E-state index in [2.05, 4.69) is 88.7 Å². The fourth-order valence-corrected chi connectivity index (χ4v) is 6.20. The number of pyridine rings is 2. The molecule has 8 rings (SSSR count). The number of hydrogen-bond donors (Lipinski definition) is 1. The van der Waals surface area contributed by atoms with Gasteiger partial charge in [0.1, 0.15) is 17.2 Å². The number of phenolic OH excluding ortho intramolecular Hbond substituents is 1. The molecule has 0 radical (unpaired) electrons. The smallest absolute Gasteiger partial charge is 0.128 e. The molecule has 0 aliphatic rings. The van der Waals surface area contributed by atoms with Crippen LogP contribution in [0, 0.1) is 0 Å². The van der Waals surface area contributed by atoms with Crippen LogP contribution in [0.3, 0.4) is 0 Å². The fraction of sp³-hybridized carbons (Fsp3) is 0. The van der Waals surface area contributed by atoms with Gasteiger partial charge in [0.2, 0.25) is 0 Å². The van der Waals surface area contributed by atoms with Gasteiger partial charge >= 0.3 is 0 Å². The zero-order chi connectivity index (χ0) is 31.7. The van der Waals surface area contributed by atoms with Crippen LogP contribution in [0.15, 0.2) is 162 Å². The number of rotatable bonds is 6. The Bertz CT molecular complexity index is 2210. The molecule has 0 atom stereocenters. The van der Waals surface area contributed by atoms with Crippen LogP contribution < -0.4 is 4.74 Å². The Labute approximate surface area is 280 Å². The lowest BCUT2D eigenvalue weighted by atomic mass is 9.98. The quantitative estimate of drug-likeness (QED) is 0.191. The van der Waals surface area contributed by atoms with Crippen molar-refractivity contribution in [1.29, 1.82) is 0 Å². The van der Waals surface area contributed by atoms with Crippen molar-refractivity contribution in [1.82, 2.24) is 9.97 Å². The van der Waals surface area contributed by atoms with Gasteiger partial charge in [0.05, 0.1) is 22.4 Å². The first kappa shape index (κ1) is 28.7. The Hall–Kier alpha value is -5.78. The van der Waals surface area contributed by atoms with Gasteiger partial charge in [0, 0.05) is 26.4 Å². The number of hydrogen-bond acceptors (Lipinski definition) is 4. The molecule has 47 heavy (non-hydrogen) atoms. The van der Waals surface area contributed by atoms with Gasteiger partial charge < -0.3 is 9.84 Å². The Balaban J connectivity index is 1.22. The first-order chi connectivity index (χ1) is 23.1. The average Bonchev–Trinajstić information content (AvgIpc) is 3.12. The summed E-state index contributed by atoms with van der Waals surface area (Å²) in [5.74, 6) is 1.67. The van der Waals surface area contributed by atoms with Crippen molar-refractivity contribution in [2.24, 2.45) is 0 Å². The second kappa shape index (κ2) is 12.2. The summed E-state index contributed by atoms with van der Waals surface area (Å²) in [6, 6.07) is 52.4. The molecule has 224 valence electrons. The number of phenols is 1. The lowest BCUT2D eigenvalue weighted by Crippen LogP contribution is -1.93. The number of ether oxygens (including phenoxy) is 1. The van der Waals surface area contributed by atoms with E-state index >= 15 is 0 Å². The fourth-order valence-electron chi connectivity index (χ4n) is 5.93. The van der Waals surface area contributed by atoms with E-state index in [0.717, 1.165) is 76.8 Å². The van der Waals surface area contributed by atoms with Crippen LogP contribution in [-0.2, 0) is 0 Å². The molecular formula is C42H27BrN2O2. The molecule has 2 aromatic heterocycles. The minimum absolute atomic E-state index is 0.227. The lowest BCUT2D eigenvalue weighted by molar-refractivity contribution is 0.475. The Kier molecular flexibility index (Phi) is 7.44. The molecule has 8 aromatic rings. The van der Waals surface area contributed by atoms with E-state index in [0.29, 0.717) is 5.75 Å². The van der Waals surface area contributed by atoms with Crippen molar-refractivity contribution in [3.8, 4) is 62.0 Å². The highest BCUT2D eigenvalue weighted by Gasteiger charge is 2.14. The predicted molar refractivity (Wildman–Crippen MR) is 195 cm³/mol. The third-order valence-electron chi connectivity index (χ3n) is 8.27. The first-order valence-electron chi connectivity index (χ1n) is 15.3. The molecule has 0 amide bonds. The molecule has 6 aromatic carbocycles. The third-order valence-corrected chi connectivity index (χ3v) is 8.80. The van der Waals surface area contributed by atoms with Crippen LogP contribution in [0.25, 0.3) is 66.6 Å². The largest absolute Gasteiger partial charge is 0.508 e. The van der Waals surface area contributed by atoms with Crippen LogP contribution in [0.1, 0.15) is 0 Å². The highest BCUT2D eigenvalue weighted by Crippen LogP contribution is 2.38. The summed E-state index contributed by atoms with van der Waals surface area (Å²) >= 11 is 3.54. The zero-order valence-electron chi connectivity index (χ0n) is 25.1. The second-order valence-corrected chi connectivity index (χ2v) is 12.3. The topological polar surface area (TPSA) is 55.2 Å². The minimum Gasteiger partial charge on any atom is -0.508 e. The van der Waals surface area contributed by atoms with E-state index in [1.54, 1.807) is 12.1 Å².